The molecule has 122 valence electrons. The fourth-order valence-electron chi connectivity index (χ4n) is 3.49. The topological polar surface area (TPSA) is 99.2 Å². The van der Waals surface area contributed by atoms with Crippen molar-refractivity contribution in [1.29, 1.82) is 0 Å². The Labute approximate surface area is 128 Å². The van der Waals surface area contributed by atoms with Crippen LogP contribution >= 0.6 is 0 Å². The Morgan fingerprint density at radius 3 is 2.91 bits per heavy atom. The summed E-state index contributed by atoms with van der Waals surface area (Å²) in [7, 11) is 0. The van der Waals surface area contributed by atoms with E-state index in [1.807, 2.05) is 0 Å². The van der Waals surface area contributed by atoms with Crippen molar-refractivity contribution in [2.24, 2.45) is 5.41 Å². The fourth-order valence-corrected chi connectivity index (χ4v) is 3.49. The van der Waals surface area contributed by atoms with Crippen LogP contribution in [0.3, 0.4) is 0 Å². The lowest BCUT2D eigenvalue weighted by Gasteiger charge is -2.47. The van der Waals surface area contributed by atoms with Gasteiger partial charge in [-0.2, -0.15) is 0 Å². The molecule has 0 unspecified atom stereocenters. The van der Waals surface area contributed by atoms with Crippen molar-refractivity contribution >= 4 is 17.9 Å². The second-order valence-electron chi connectivity index (χ2n) is 6.17. The predicted octanol–water partition coefficient (Wildman–Crippen LogP) is -1.07. The molecule has 2 N–H and O–H groups in total. The Morgan fingerprint density at radius 1 is 1.41 bits per heavy atom. The third-order valence-corrected chi connectivity index (χ3v) is 4.84. The Kier molecular flexibility index (Phi) is 3.94. The number of hydrogen-bond donors (Lipinski definition) is 2. The molecule has 3 aliphatic heterocycles. The first-order valence-electron chi connectivity index (χ1n) is 7.69. The van der Waals surface area contributed by atoms with E-state index >= 15 is 0 Å². The summed E-state index contributed by atoms with van der Waals surface area (Å²) in [5.41, 5.74) is -0.905. The summed E-state index contributed by atoms with van der Waals surface area (Å²) < 4.78 is 4.81. The first kappa shape index (κ1) is 15.1. The maximum absolute atomic E-state index is 12.4. The number of nitrogens with zero attached hydrogens (tertiary/aromatic N) is 2. The Bertz CT molecular complexity index is 497. The van der Waals surface area contributed by atoms with E-state index in [1.54, 1.807) is 4.90 Å². The fraction of sp³-hybridized carbons (Fsp3) is 0.786. The summed E-state index contributed by atoms with van der Waals surface area (Å²) >= 11 is 0. The highest BCUT2D eigenvalue weighted by Crippen LogP contribution is 2.37. The van der Waals surface area contributed by atoms with Crippen LogP contribution in [0.15, 0.2) is 0 Å². The standard InChI is InChI=1S/C14H21N3O5/c18-10-2-5-17(9-14(10)3-1-4-15-12(14)20)11(19)8-16-6-7-22-13(16)21/h10,18H,1-9H2,(H,15,20)/t10-,14-/m1/s1. The normalized spacial score (nSPS) is 32.1. The minimum Gasteiger partial charge on any atom is -0.448 e. The molecule has 0 radical (unpaired) electrons. The predicted molar refractivity (Wildman–Crippen MR) is 74.8 cm³/mol. The molecule has 0 saturated carbocycles. The zero-order valence-electron chi connectivity index (χ0n) is 12.4. The van der Waals surface area contributed by atoms with E-state index in [1.165, 1.54) is 4.90 Å². The molecule has 0 aromatic rings. The van der Waals surface area contributed by atoms with Gasteiger partial charge in [0.05, 0.1) is 18.1 Å². The van der Waals surface area contributed by atoms with Crippen molar-refractivity contribution in [3.63, 3.8) is 0 Å². The molecule has 2 atom stereocenters. The maximum atomic E-state index is 12.4. The average molecular weight is 311 g/mol. The smallest absolute Gasteiger partial charge is 0.410 e. The quantitative estimate of drug-likeness (QED) is 0.676. The zero-order chi connectivity index (χ0) is 15.7. The number of rotatable bonds is 2. The largest absolute Gasteiger partial charge is 0.448 e. The average Bonchev–Trinajstić information content (AvgIpc) is 2.90. The molecule has 3 fully saturated rings. The van der Waals surface area contributed by atoms with Gasteiger partial charge in [-0.05, 0) is 19.3 Å². The molecule has 3 heterocycles. The van der Waals surface area contributed by atoms with Crippen LogP contribution in [-0.4, -0.2) is 78.2 Å². The molecule has 8 heteroatoms. The SMILES string of the molecule is O=C(CN1CCOC1=O)N1CC[C@@H](O)[C@@]2(CCCNC2=O)C1. The summed E-state index contributed by atoms with van der Waals surface area (Å²) in [6.07, 6.45) is 0.548. The number of carbonyl (C=O) groups excluding carboxylic acids is 3. The van der Waals surface area contributed by atoms with Gasteiger partial charge in [-0.15, -0.1) is 0 Å². The molecular formula is C14H21N3O5. The minimum absolute atomic E-state index is 0.0351. The number of likely N-dealkylation sites (tertiary alicyclic amines) is 1. The number of carbonyl (C=O) groups is 3. The number of cyclic esters (lactones) is 1. The number of amides is 3. The van der Waals surface area contributed by atoms with E-state index < -0.39 is 17.6 Å². The number of aliphatic hydroxyl groups excluding tert-OH is 1. The lowest BCUT2D eigenvalue weighted by molar-refractivity contribution is -0.154. The van der Waals surface area contributed by atoms with Gasteiger partial charge in [0.2, 0.25) is 11.8 Å². The lowest BCUT2D eigenvalue weighted by atomic mass is 9.71. The first-order valence-corrected chi connectivity index (χ1v) is 7.69. The van der Waals surface area contributed by atoms with Gasteiger partial charge in [0.15, 0.2) is 0 Å². The Hall–Kier alpha value is -1.83. The van der Waals surface area contributed by atoms with E-state index in [2.05, 4.69) is 5.32 Å². The van der Waals surface area contributed by atoms with Crippen LogP contribution in [0.2, 0.25) is 0 Å². The van der Waals surface area contributed by atoms with Gasteiger partial charge >= 0.3 is 6.09 Å². The van der Waals surface area contributed by atoms with Crippen molar-refractivity contribution in [3.05, 3.63) is 0 Å². The number of nitrogens with one attached hydrogen (secondary N) is 1. The van der Waals surface area contributed by atoms with Gasteiger partial charge in [0.25, 0.3) is 0 Å². The molecule has 0 bridgehead atoms. The van der Waals surface area contributed by atoms with E-state index in [0.717, 1.165) is 6.42 Å². The van der Waals surface area contributed by atoms with Gasteiger partial charge < -0.3 is 20.1 Å². The molecule has 8 nitrogen and oxygen atoms in total. The monoisotopic (exact) mass is 311 g/mol. The molecule has 0 aliphatic carbocycles. The zero-order valence-corrected chi connectivity index (χ0v) is 12.4. The summed E-state index contributed by atoms with van der Waals surface area (Å²) in [5.74, 6) is -0.382. The van der Waals surface area contributed by atoms with Crippen LogP contribution < -0.4 is 5.32 Å². The summed E-state index contributed by atoms with van der Waals surface area (Å²) in [5, 5.41) is 13.1. The highest BCUT2D eigenvalue weighted by Gasteiger charge is 2.50. The lowest BCUT2D eigenvalue weighted by Crippen LogP contribution is -2.62. The van der Waals surface area contributed by atoms with Gasteiger partial charge in [-0.3, -0.25) is 14.5 Å². The number of hydrogen-bond acceptors (Lipinski definition) is 5. The summed E-state index contributed by atoms with van der Waals surface area (Å²) in [6.45, 7) is 1.90. The molecule has 3 amide bonds. The molecule has 22 heavy (non-hydrogen) atoms. The van der Waals surface area contributed by atoms with E-state index in [4.69, 9.17) is 4.74 Å². The number of piperidine rings is 2. The third-order valence-electron chi connectivity index (χ3n) is 4.84. The third kappa shape index (κ3) is 2.51. The van der Waals surface area contributed by atoms with E-state index in [9.17, 15) is 19.5 Å². The summed E-state index contributed by atoms with van der Waals surface area (Å²) in [6, 6.07) is 0. The van der Waals surface area contributed by atoms with Gasteiger partial charge in [0.1, 0.15) is 13.2 Å². The maximum Gasteiger partial charge on any atom is 0.410 e. The van der Waals surface area contributed by atoms with Crippen LogP contribution in [0, 0.1) is 5.41 Å². The molecule has 3 saturated heterocycles. The molecular weight excluding hydrogens is 290 g/mol. The van der Waals surface area contributed by atoms with Crippen molar-refractivity contribution < 1.29 is 24.2 Å². The van der Waals surface area contributed by atoms with Crippen molar-refractivity contribution in [3.8, 4) is 0 Å². The van der Waals surface area contributed by atoms with E-state index in [0.29, 0.717) is 39.1 Å². The summed E-state index contributed by atoms with van der Waals surface area (Å²) in [4.78, 5) is 39.0. The van der Waals surface area contributed by atoms with Crippen molar-refractivity contribution in [2.45, 2.75) is 25.4 Å². The van der Waals surface area contributed by atoms with Crippen LogP contribution in [0.5, 0.6) is 0 Å². The van der Waals surface area contributed by atoms with Crippen LogP contribution in [0.4, 0.5) is 4.79 Å². The van der Waals surface area contributed by atoms with Crippen molar-refractivity contribution in [1.82, 2.24) is 15.1 Å². The highest BCUT2D eigenvalue weighted by molar-refractivity contribution is 5.87. The van der Waals surface area contributed by atoms with Crippen LogP contribution in [0.1, 0.15) is 19.3 Å². The molecule has 3 rings (SSSR count). The minimum atomic E-state index is -0.905. The van der Waals surface area contributed by atoms with Crippen LogP contribution in [0.25, 0.3) is 0 Å². The first-order chi connectivity index (χ1) is 10.5. The second kappa shape index (κ2) is 5.75. The Morgan fingerprint density at radius 2 is 2.23 bits per heavy atom. The van der Waals surface area contributed by atoms with E-state index in [-0.39, 0.29) is 24.9 Å². The molecule has 0 aromatic heterocycles. The van der Waals surface area contributed by atoms with Gasteiger partial charge in [0, 0.05) is 19.6 Å². The van der Waals surface area contributed by atoms with Crippen molar-refractivity contribution in [2.75, 3.05) is 39.3 Å². The Balaban J connectivity index is 1.68. The number of ether oxygens (including phenoxy) is 1. The molecule has 3 aliphatic rings. The highest BCUT2D eigenvalue weighted by atomic mass is 16.6. The number of aliphatic hydroxyl groups is 1. The second-order valence-corrected chi connectivity index (χ2v) is 6.17. The molecule has 1 spiro atoms. The molecule has 0 aromatic carbocycles. The van der Waals surface area contributed by atoms with Crippen LogP contribution in [-0.2, 0) is 14.3 Å². The van der Waals surface area contributed by atoms with Gasteiger partial charge in [-0.1, -0.05) is 0 Å². The van der Waals surface area contributed by atoms with Gasteiger partial charge in [-0.25, -0.2) is 4.79 Å².